The first-order valence-corrected chi connectivity index (χ1v) is 15.9. The van der Waals surface area contributed by atoms with Gasteiger partial charge in [-0.05, 0) is 63.6 Å². The van der Waals surface area contributed by atoms with Crippen LogP contribution in [0, 0.1) is 23.2 Å². The average Bonchev–Trinajstić information content (AvgIpc) is 3.28. The minimum absolute atomic E-state index is 0.0898. The standard InChI is InChI=1S/C26H40O4Si/c1-6-23(27)26(30-31(3,4)5)14-11-22-21-8-7-18-17-25(28-15-16-29-25)13-10-19(18)20(21)9-12-24(22,26)2/h7,9,19,21-22H,6,8,10-17H2,1-5H3/t19-,21+,22-,24-,26-/m0/s1. The van der Waals surface area contributed by atoms with E-state index in [1.165, 1.54) is 5.57 Å². The van der Waals surface area contributed by atoms with Gasteiger partial charge in [0.15, 0.2) is 19.9 Å². The Hall–Kier alpha value is -0.753. The van der Waals surface area contributed by atoms with Crippen molar-refractivity contribution in [3.63, 3.8) is 0 Å². The van der Waals surface area contributed by atoms with Gasteiger partial charge >= 0.3 is 0 Å². The van der Waals surface area contributed by atoms with E-state index in [0.717, 1.165) is 58.2 Å². The average molecular weight is 445 g/mol. The summed E-state index contributed by atoms with van der Waals surface area (Å²) in [6, 6.07) is 0. The first-order valence-electron chi connectivity index (χ1n) is 12.5. The normalized spacial score (nSPS) is 41.3. The molecule has 5 rings (SSSR count). The Morgan fingerprint density at radius 3 is 2.58 bits per heavy atom. The lowest BCUT2D eigenvalue weighted by atomic mass is 9.54. The van der Waals surface area contributed by atoms with Crippen LogP contribution in [0.1, 0.15) is 65.2 Å². The summed E-state index contributed by atoms with van der Waals surface area (Å²) in [5.41, 5.74) is 2.51. The molecule has 5 atom stereocenters. The zero-order chi connectivity index (χ0) is 22.1. The molecule has 172 valence electrons. The van der Waals surface area contributed by atoms with Crippen LogP contribution in [0.2, 0.25) is 19.6 Å². The van der Waals surface area contributed by atoms with Crippen molar-refractivity contribution in [1.29, 1.82) is 0 Å². The summed E-state index contributed by atoms with van der Waals surface area (Å²) in [5.74, 6) is 1.63. The molecule has 0 radical (unpaired) electrons. The maximum Gasteiger partial charge on any atom is 0.185 e. The molecule has 1 saturated heterocycles. The molecule has 0 aromatic carbocycles. The molecule has 4 nitrogen and oxygen atoms in total. The smallest absolute Gasteiger partial charge is 0.185 e. The fraction of sp³-hybridized carbons (Fsp3) is 0.808. The highest BCUT2D eigenvalue weighted by molar-refractivity contribution is 6.70. The molecule has 0 unspecified atom stereocenters. The highest BCUT2D eigenvalue weighted by Crippen LogP contribution is 2.65. The number of carbonyl (C=O) groups is 1. The predicted octanol–water partition coefficient (Wildman–Crippen LogP) is 5.79. The van der Waals surface area contributed by atoms with Crippen molar-refractivity contribution in [2.24, 2.45) is 23.2 Å². The van der Waals surface area contributed by atoms with Crippen molar-refractivity contribution in [2.75, 3.05) is 13.2 Å². The lowest BCUT2D eigenvalue weighted by molar-refractivity contribution is -0.171. The zero-order valence-electron chi connectivity index (χ0n) is 20.1. The number of hydrogen-bond acceptors (Lipinski definition) is 4. The topological polar surface area (TPSA) is 44.8 Å². The molecule has 3 fully saturated rings. The summed E-state index contributed by atoms with van der Waals surface area (Å²) in [7, 11) is -1.87. The zero-order valence-corrected chi connectivity index (χ0v) is 21.1. The Morgan fingerprint density at radius 2 is 1.90 bits per heavy atom. The van der Waals surface area contributed by atoms with Gasteiger partial charge in [0, 0.05) is 30.6 Å². The quantitative estimate of drug-likeness (QED) is 0.406. The predicted molar refractivity (Wildman–Crippen MR) is 124 cm³/mol. The molecule has 1 heterocycles. The largest absolute Gasteiger partial charge is 0.405 e. The van der Waals surface area contributed by atoms with Crippen LogP contribution in [0.4, 0.5) is 0 Å². The fourth-order valence-electron chi connectivity index (χ4n) is 7.82. The van der Waals surface area contributed by atoms with Gasteiger partial charge in [0.1, 0.15) is 5.60 Å². The van der Waals surface area contributed by atoms with Gasteiger partial charge in [-0.25, -0.2) is 0 Å². The minimum Gasteiger partial charge on any atom is -0.405 e. The lowest BCUT2D eigenvalue weighted by Gasteiger charge is -2.54. The van der Waals surface area contributed by atoms with Crippen molar-refractivity contribution in [3.05, 3.63) is 23.3 Å². The van der Waals surface area contributed by atoms with Crippen molar-refractivity contribution in [2.45, 2.75) is 96.2 Å². The second-order valence-electron chi connectivity index (χ2n) is 11.8. The molecule has 0 N–H and O–H groups in total. The van der Waals surface area contributed by atoms with Gasteiger partial charge in [0.05, 0.1) is 13.2 Å². The van der Waals surface area contributed by atoms with E-state index in [9.17, 15) is 4.79 Å². The van der Waals surface area contributed by atoms with E-state index in [4.69, 9.17) is 13.9 Å². The third kappa shape index (κ3) is 3.29. The van der Waals surface area contributed by atoms with Gasteiger partial charge in [0.2, 0.25) is 0 Å². The van der Waals surface area contributed by atoms with Gasteiger partial charge < -0.3 is 13.9 Å². The van der Waals surface area contributed by atoms with E-state index in [2.05, 4.69) is 38.7 Å². The molecule has 4 aliphatic carbocycles. The number of allylic oxidation sites excluding steroid dienone is 3. The Morgan fingerprint density at radius 1 is 1.16 bits per heavy atom. The van der Waals surface area contributed by atoms with Crippen molar-refractivity contribution < 1.29 is 18.7 Å². The number of fused-ring (bicyclic) bond motifs is 5. The lowest BCUT2D eigenvalue weighted by Crippen LogP contribution is -2.59. The van der Waals surface area contributed by atoms with Crippen molar-refractivity contribution in [1.82, 2.24) is 0 Å². The van der Waals surface area contributed by atoms with E-state index in [1.54, 1.807) is 5.57 Å². The van der Waals surface area contributed by atoms with E-state index in [-0.39, 0.29) is 11.2 Å². The monoisotopic (exact) mass is 444 g/mol. The summed E-state index contributed by atoms with van der Waals surface area (Å²) in [5, 5.41) is 0. The molecule has 1 aliphatic heterocycles. The first-order chi connectivity index (χ1) is 14.6. The number of rotatable bonds is 4. The van der Waals surface area contributed by atoms with Crippen molar-refractivity contribution in [3.8, 4) is 0 Å². The molecule has 5 heteroatoms. The van der Waals surface area contributed by atoms with Gasteiger partial charge in [0.25, 0.3) is 0 Å². The van der Waals surface area contributed by atoms with Gasteiger partial charge in [-0.2, -0.15) is 0 Å². The van der Waals surface area contributed by atoms with E-state index in [0.29, 0.717) is 30.0 Å². The van der Waals surface area contributed by atoms with E-state index < -0.39 is 13.9 Å². The minimum atomic E-state index is -1.87. The van der Waals surface area contributed by atoms with Crippen LogP contribution in [0.15, 0.2) is 23.3 Å². The maximum absolute atomic E-state index is 13.4. The van der Waals surface area contributed by atoms with Crippen LogP contribution in [0.25, 0.3) is 0 Å². The second kappa shape index (κ2) is 7.38. The summed E-state index contributed by atoms with van der Waals surface area (Å²) >= 11 is 0. The molecule has 0 amide bonds. The Labute approximate surface area is 188 Å². The third-order valence-corrected chi connectivity index (χ3v) is 10.0. The Bertz CT molecular complexity index is 818. The number of carbonyl (C=O) groups excluding carboxylic acids is 1. The summed E-state index contributed by atoms with van der Waals surface area (Å²) < 4.78 is 18.9. The summed E-state index contributed by atoms with van der Waals surface area (Å²) in [6.07, 6.45) is 12.7. The van der Waals surface area contributed by atoms with Gasteiger partial charge in [-0.1, -0.05) is 37.1 Å². The molecule has 1 spiro atoms. The summed E-state index contributed by atoms with van der Waals surface area (Å²) in [4.78, 5) is 13.4. The number of hydrogen-bond donors (Lipinski definition) is 0. The number of ketones is 1. The summed E-state index contributed by atoms with van der Waals surface area (Å²) in [6.45, 7) is 12.6. The molecule has 31 heavy (non-hydrogen) atoms. The SMILES string of the molecule is CCC(=O)[C@@]1(O[Si](C)(C)C)CC[C@H]2[C@@H]3CC=C4CC5(CC[C@@H]4C3=CC[C@@]21C)OCCO5. The molecule has 0 aromatic rings. The van der Waals surface area contributed by atoms with Crippen LogP contribution in [0.3, 0.4) is 0 Å². The first kappa shape index (κ1) is 22.1. The van der Waals surface area contributed by atoms with Crippen LogP contribution >= 0.6 is 0 Å². The molecule has 5 aliphatic rings. The van der Waals surface area contributed by atoms with Gasteiger partial charge in [-0.15, -0.1) is 0 Å². The molecular formula is C26H40O4Si. The van der Waals surface area contributed by atoms with Crippen molar-refractivity contribution >= 4 is 14.1 Å². The third-order valence-electron chi connectivity index (χ3n) is 9.06. The highest BCUT2D eigenvalue weighted by atomic mass is 28.4. The van der Waals surface area contributed by atoms with Gasteiger partial charge in [-0.3, -0.25) is 4.79 Å². The maximum atomic E-state index is 13.4. The number of Topliss-reactive ketones (excluding diaryl/α,β-unsaturated/α-hetero) is 1. The van der Waals surface area contributed by atoms with Crippen LogP contribution in [-0.2, 0) is 18.7 Å². The van der Waals surface area contributed by atoms with Crippen LogP contribution < -0.4 is 0 Å². The Balaban J connectivity index is 1.46. The molecule has 0 bridgehead atoms. The highest BCUT2D eigenvalue weighted by Gasteiger charge is 2.65. The van der Waals surface area contributed by atoms with E-state index in [1.807, 2.05) is 6.92 Å². The fourth-order valence-corrected chi connectivity index (χ4v) is 9.31. The van der Waals surface area contributed by atoms with Crippen LogP contribution in [-0.4, -0.2) is 38.7 Å². The molecule has 2 saturated carbocycles. The second-order valence-corrected chi connectivity index (χ2v) is 16.2. The molecular weight excluding hydrogens is 404 g/mol. The van der Waals surface area contributed by atoms with E-state index >= 15 is 0 Å². The molecule has 0 aromatic heterocycles. The number of ether oxygens (including phenoxy) is 2. The van der Waals surface area contributed by atoms with Crippen LogP contribution in [0.5, 0.6) is 0 Å². The Kier molecular flexibility index (Phi) is 5.25.